The van der Waals surface area contributed by atoms with Gasteiger partial charge in [0.1, 0.15) is 14.7 Å². The highest BCUT2D eigenvalue weighted by Crippen LogP contribution is 2.27. The van der Waals surface area contributed by atoms with Gasteiger partial charge in [-0.3, -0.25) is 0 Å². The highest BCUT2D eigenvalue weighted by molar-refractivity contribution is 8.13. The van der Waals surface area contributed by atoms with Crippen LogP contribution in [0.15, 0.2) is 17.0 Å². The second-order valence-corrected chi connectivity index (χ2v) is 8.75. The van der Waals surface area contributed by atoms with E-state index >= 15 is 0 Å². The number of benzene rings is 1. The second kappa shape index (κ2) is 6.23. The SMILES string of the molecule is CS(=O)(=O)CCCOc1ccc(S(=O)(=O)Cl)c(F)c1F. The molecule has 0 spiro atoms. The fraction of sp³-hybridized carbons (Fsp3) is 0.400. The van der Waals surface area contributed by atoms with Gasteiger partial charge in [0, 0.05) is 16.9 Å². The van der Waals surface area contributed by atoms with Crippen molar-refractivity contribution in [1.82, 2.24) is 0 Å². The summed E-state index contributed by atoms with van der Waals surface area (Å²) in [4.78, 5) is -0.986. The summed E-state index contributed by atoms with van der Waals surface area (Å²) < 4.78 is 75.4. The van der Waals surface area contributed by atoms with Crippen molar-refractivity contribution in [1.29, 1.82) is 0 Å². The monoisotopic (exact) mass is 348 g/mol. The van der Waals surface area contributed by atoms with Gasteiger partial charge in [0.05, 0.1) is 12.4 Å². The summed E-state index contributed by atoms with van der Waals surface area (Å²) in [6.07, 6.45) is 1.13. The minimum atomic E-state index is -4.39. The predicted molar refractivity (Wildman–Crippen MR) is 69.2 cm³/mol. The van der Waals surface area contributed by atoms with Crippen molar-refractivity contribution in [2.24, 2.45) is 0 Å². The van der Waals surface area contributed by atoms with Gasteiger partial charge in [0.25, 0.3) is 9.05 Å². The van der Waals surface area contributed by atoms with Gasteiger partial charge in [0.15, 0.2) is 11.6 Å². The van der Waals surface area contributed by atoms with E-state index in [0.717, 1.165) is 18.4 Å². The highest BCUT2D eigenvalue weighted by Gasteiger charge is 2.22. The molecule has 0 amide bonds. The Morgan fingerprint density at radius 3 is 2.25 bits per heavy atom. The number of hydrogen-bond acceptors (Lipinski definition) is 5. The van der Waals surface area contributed by atoms with Crippen LogP contribution in [0.3, 0.4) is 0 Å². The maximum absolute atomic E-state index is 13.5. The van der Waals surface area contributed by atoms with E-state index in [1.807, 2.05) is 0 Å². The number of ether oxygens (including phenoxy) is 1. The van der Waals surface area contributed by atoms with E-state index < -0.39 is 41.2 Å². The van der Waals surface area contributed by atoms with Crippen LogP contribution in [0.2, 0.25) is 0 Å². The maximum atomic E-state index is 13.5. The summed E-state index contributed by atoms with van der Waals surface area (Å²) >= 11 is 0. The summed E-state index contributed by atoms with van der Waals surface area (Å²) in [5.74, 6) is -3.81. The van der Waals surface area contributed by atoms with Gasteiger partial charge >= 0.3 is 0 Å². The average molecular weight is 349 g/mol. The fourth-order valence-corrected chi connectivity index (χ4v) is 2.85. The van der Waals surface area contributed by atoms with Crippen molar-refractivity contribution >= 4 is 29.6 Å². The van der Waals surface area contributed by atoms with Crippen molar-refractivity contribution in [3.63, 3.8) is 0 Å². The van der Waals surface area contributed by atoms with E-state index in [2.05, 4.69) is 0 Å². The fourth-order valence-electron chi connectivity index (χ4n) is 1.32. The van der Waals surface area contributed by atoms with Gasteiger partial charge in [-0.15, -0.1) is 0 Å². The quantitative estimate of drug-likeness (QED) is 0.577. The molecule has 0 saturated carbocycles. The lowest BCUT2D eigenvalue weighted by Gasteiger charge is -2.08. The highest BCUT2D eigenvalue weighted by atomic mass is 35.7. The average Bonchev–Trinajstić information content (AvgIpc) is 2.26. The smallest absolute Gasteiger partial charge is 0.264 e. The van der Waals surface area contributed by atoms with Gasteiger partial charge in [0.2, 0.25) is 5.82 Å². The van der Waals surface area contributed by atoms with Gasteiger partial charge < -0.3 is 4.74 Å². The largest absolute Gasteiger partial charge is 0.490 e. The molecule has 0 bridgehead atoms. The molecule has 0 fully saturated rings. The van der Waals surface area contributed by atoms with Crippen molar-refractivity contribution in [3.8, 4) is 5.75 Å². The third kappa shape index (κ3) is 4.88. The van der Waals surface area contributed by atoms with Crippen LogP contribution in [0, 0.1) is 11.6 Å². The van der Waals surface area contributed by atoms with Crippen LogP contribution in [-0.2, 0) is 18.9 Å². The van der Waals surface area contributed by atoms with E-state index in [4.69, 9.17) is 15.4 Å². The van der Waals surface area contributed by atoms with E-state index in [1.54, 1.807) is 0 Å². The third-order valence-electron chi connectivity index (χ3n) is 2.19. The lowest BCUT2D eigenvalue weighted by Crippen LogP contribution is -2.09. The molecule has 0 atom stereocenters. The normalized spacial score (nSPS) is 12.4. The maximum Gasteiger partial charge on any atom is 0.264 e. The summed E-state index contributed by atoms with van der Waals surface area (Å²) in [6, 6.07) is 1.68. The zero-order valence-corrected chi connectivity index (χ0v) is 12.7. The Bertz CT molecular complexity index is 701. The molecule has 0 heterocycles. The molecule has 0 N–H and O–H groups in total. The molecule has 114 valence electrons. The first-order valence-corrected chi connectivity index (χ1v) is 9.62. The molecule has 5 nitrogen and oxygen atoms in total. The molecule has 0 aliphatic heterocycles. The molecule has 1 aromatic rings. The van der Waals surface area contributed by atoms with Gasteiger partial charge in [-0.05, 0) is 18.6 Å². The van der Waals surface area contributed by atoms with Gasteiger partial charge in [-0.1, -0.05) is 0 Å². The molecule has 10 heteroatoms. The Hall–Kier alpha value is -0.930. The Morgan fingerprint density at radius 1 is 1.15 bits per heavy atom. The van der Waals surface area contributed by atoms with Crippen LogP contribution < -0.4 is 4.74 Å². The first-order chi connectivity index (χ1) is 9.02. The summed E-state index contributed by atoms with van der Waals surface area (Å²) in [6.45, 7) is -0.156. The Balaban J connectivity index is 2.82. The Labute approximate surface area is 119 Å². The minimum Gasteiger partial charge on any atom is -0.490 e. The molecule has 1 rings (SSSR count). The first kappa shape index (κ1) is 17.1. The van der Waals surface area contributed by atoms with Gasteiger partial charge in [-0.2, -0.15) is 4.39 Å². The molecule has 0 aromatic heterocycles. The lowest BCUT2D eigenvalue weighted by molar-refractivity contribution is 0.294. The molecule has 0 aliphatic rings. The molecule has 0 unspecified atom stereocenters. The van der Waals surface area contributed by atoms with E-state index in [1.165, 1.54) is 0 Å². The second-order valence-electron chi connectivity index (χ2n) is 3.96. The lowest BCUT2D eigenvalue weighted by atomic mass is 10.3. The number of sulfone groups is 1. The molecule has 0 saturated heterocycles. The van der Waals surface area contributed by atoms with Crippen molar-refractivity contribution in [2.75, 3.05) is 18.6 Å². The molecular formula is C10H11ClF2O5S2. The van der Waals surface area contributed by atoms with E-state index in [-0.39, 0.29) is 18.8 Å². The molecule has 20 heavy (non-hydrogen) atoms. The Kier molecular flexibility index (Phi) is 5.33. The van der Waals surface area contributed by atoms with E-state index in [9.17, 15) is 25.6 Å². The number of halogens is 3. The van der Waals surface area contributed by atoms with Crippen molar-refractivity contribution < 1.29 is 30.4 Å². The zero-order chi connectivity index (χ0) is 15.6. The van der Waals surface area contributed by atoms with Crippen LogP contribution >= 0.6 is 10.7 Å². The summed E-state index contributed by atoms with van der Waals surface area (Å²) in [7, 11) is -2.64. The first-order valence-electron chi connectivity index (χ1n) is 5.25. The van der Waals surface area contributed by atoms with Crippen molar-refractivity contribution in [2.45, 2.75) is 11.3 Å². The topological polar surface area (TPSA) is 77.5 Å². The van der Waals surface area contributed by atoms with Crippen molar-refractivity contribution in [3.05, 3.63) is 23.8 Å². The minimum absolute atomic E-state index is 0.0927. The van der Waals surface area contributed by atoms with E-state index in [0.29, 0.717) is 0 Å². The van der Waals surface area contributed by atoms with Crippen LogP contribution in [0.25, 0.3) is 0 Å². The van der Waals surface area contributed by atoms with Crippen LogP contribution in [-0.4, -0.2) is 35.5 Å². The third-order valence-corrected chi connectivity index (χ3v) is 4.56. The zero-order valence-electron chi connectivity index (χ0n) is 10.3. The standard InChI is InChI=1S/C10H11ClF2O5S2/c1-19(14,15)6-2-5-18-7-3-4-8(20(11,16)17)10(13)9(7)12/h3-4H,2,5-6H2,1H3. The van der Waals surface area contributed by atoms with Crippen LogP contribution in [0.4, 0.5) is 8.78 Å². The molecular weight excluding hydrogens is 338 g/mol. The van der Waals surface area contributed by atoms with Gasteiger partial charge in [-0.25, -0.2) is 21.2 Å². The van der Waals surface area contributed by atoms with Crippen LogP contribution in [0.1, 0.15) is 6.42 Å². The number of rotatable bonds is 6. The summed E-state index contributed by atoms with van der Waals surface area (Å²) in [5, 5.41) is 0. The molecule has 0 radical (unpaired) electrons. The molecule has 0 aliphatic carbocycles. The number of hydrogen-bond donors (Lipinski definition) is 0. The Morgan fingerprint density at radius 2 is 1.75 bits per heavy atom. The summed E-state index contributed by atoms with van der Waals surface area (Å²) in [5.41, 5.74) is 0. The van der Waals surface area contributed by atoms with Crippen LogP contribution in [0.5, 0.6) is 5.75 Å². The predicted octanol–water partition coefficient (Wildman–Crippen LogP) is 1.71. The molecule has 1 aromatic carbocycles.